The van der Waals surface area contributed by atoms with Crippen LogP contribution in [0.2, 0.25) is 6.04 Å². The van der Waals surface area contributed by atoms with Gasteiger partial charge >= 0.3 is 0 Å². The Morgan fingerprint density at radius 3 is 2.68 bits per heavy atom. The Morgan fingerprint density at radius 2 is 2.05 bits per heavy atom. The molecule has 0 spiro atoms. The molecule has 1 aliphatic heterocycles. The second-order valence-corrected chi connectivity index (χ2v) is 11.3. The molecule has 1 aliphatic carbocycles. The number of allylic oxidation sites excluding steroid dienone is 2. The van der Waals surface area contributed by atoms with Gasteiger partial charge in [0.15, 0.2) is 0 Å². The van der Waals surface area contributed by atoms with Crippen molar-refractivity contribution in [1.82, 2.24) is 23.9 Å². The van der Waals surface area contributed by atoms with E-state index in [0.717, 1.165) is 30.3 Å². The zero-order chi connectivity index (χ0) is 26.6. The molecule has 12 heteroatoms. The molecule has 0 atom stereocenters. The van der Waals surface area contributed by atoms with Gasteiger partial charge in [0.1, 0.15) is 34.5 Å². The van der Waals surface area contributed by atoms with Gasteiger partial charge < -0.3 is 26.0 Å². The molecule has 2 aromatic heterocycles. The number of fused-ring (bicyclic) bond motifs is 1. The lowest BCUT2D eigenvalue weighted by molar-refractivity contribution is -0.123. The van der Waals surface area contributed by atoms with Gasteiger partial charge in [0.25, 0.3) is 5.91 Å². The number of nitrogens with two attached hydrogens (primary N) is 2. The zero-order valence-electron chi connectivity index (χ0n) is 20.4. The molecular weight excluding hydrogens is 493 g/mol. The summed E-state index contributed by atoms with van der Waals surface area (Å²) in [5, 5.41) is 14.5. The van der Waals surface area contributed by atoms with Gasteiger partial charge in [-0.3, -0.25) is 13.9 Å². The van der Waals surface area contributed by atoms with Crippen LogP contribution in [0.4, 0.5) is 10.2 Å². The first kappa shape index (κ1) is 24.3. The van der Waals surface area contributed by atoms with E-state index in [-0.39, 0.29) is 40.5 Å². The third-order valence-electron chi connectivity index (χ3n) is 6.55. The average molecular weight is 519 g/mol. The van der Waals surface area contributed by atoms with E-state index in [9.17, 15) is 14.7 Å². The number of aromatic nitrogens is 4. The molecule has 3 aromatic rings. The number of hydrogen-bond acceptors (Lipinski definition) is 6. The van der Waals surface area contributed by atoms with Crippen LogP contribution in [-0.2, 0) is 4.79 Å². The van der Waals surface area contributed by atoms with E-state index in [1.54, 1.807) is 6.07 Å². The lowest BCUT2D eigenvalue weighted by Crippen LogP contribution is -2.34. The third kappa shape index (κ3) is 4.17. The monoisotopic (exact) mass is 518 g/mol. The SMILES string of the molecule is C=CC(=O)N1C[Si](n2nc(C#Cc3cc4nc(C)n(C5CC5)c4cc3F)c(C(N)=O)c2N)C/C1=C(\C)O. The average Bonchev–Trinajstić information content (AvgIpc) is 3.35. The van der Waals surface area contributed by atoms with Crippen molar-refractivity contribution in [2.75, 3.05) is 11.9 Å². The van der Waals surface area contributed by atoms with Crippen molar-refractivity contribution in [3.63, 3.8) is 0 Å². The predicted octanol–water partition coefficient (Wildman–Crippen LogP) is 2.29. The molecule has 1 saturated heterocycles. The van der Waals surface area contributed by atoms with Crippen molar-refractivity contribution < 1.29 is 19.1 Å². The highest BCUT2D eigenvalue weighted by molar-refractivity contribution is 6.60. The van der Waals surface area contributed by atoms with Crippen LogP contribution in [0.5, 0.6) is 0 Å². The number of halogens is 1. The second kappa shape index (κ2) is 8.93. The minimum atomic E-state index is -1.71. The number of amides is 2. The predicted molar refractivity (Wildman–Crippen MR) is 137 cm³/mol. The van der Waals surface area contributed by atoms with Crippen molar-refractivity contribution in [3.05, 3.63) is 64.7 Å². The third-order valence-corrected chi connectivity index (χ3v) is 8.91. The molecule has 0 unspecified atom stereocenters. The van der Waals surface area contributed by atoms with Crippen molar-refractivity contribution in [2.24, 2.45) is 5.73 Å². The van der Waals surface area contributed by atoms with Crippen LogP contribution in [0.1, 0.15) is 53.2 Å². The number of rotatable bonds is 4. The highest BCUT2D eigenvalue weighted by Crippen LogP contribution is 2.39. The molecule has 2 fully saturated rings. The van der Waals surface area contributed by atoms with Gasteiger partial charge in [0.2, 0.25) is 14.9 Å². The van der Waals surface area contributed by atoms with Crippen molar-refractivity contribution in [3.8, 4) is 11.8 Å². The van der Waals surface area contributed by atoms with Crippen LogP contribution in [0.3, 0.4) is 0 Å². The van der Waals surface area contributed by atoms with Crippen LogP contribution < -0.4 is 11.5 Å². The van der Waals surface area contributed by atoms with Gasteiger partial charge in [0, 0.05) is 24.3 Å². The number of aliphatic hydroxyl groups is 1. The van der Waals surface area contributed by atoms with Gasteiger partial charge in [0.05, 0.1) is 22.3 Å². The Morgan fingerprint density at radius 1 is 1.32 bits per heavy atom. The Hall–Kier alpha value is -4.37. The Bertz CT molecular complexity index is 1580. The molecule has 1 radical (unpaired) electrons. The lowest BCUT2D eigenvalue weighted by Gasteiger charge is -2.16. The number of imidazole rings is 1. The summed E-state index contributed by atoms with van der Waals surface area (Å²) >= 11 is 0. The van der Waals surface area contributed by atoms with E-state index in [1.165, 1.54) is 22.2 Å². The van der Waals surface area contributed by atoms with Gasteiger partial charge in [-0.1, -0.05) is 12.5 Å². The second-order valence-electron chi connectivity index (χ2n) is 9.12. The summed E-state index contributed by atoms with van der Waals surface area (Å²) in [6.45, 7) is 6.89. The molecule has 1 saturated carbocycles. The topological polar surface area (TPSA) is 145 Å². The summed E-state index contributed by atoms with van der Waals surface area (Å²) in [7, 11) is -1.71. The fourth-order valence-electron chi connectivity index (χ4n) is 4.66. The molecule has 2 amide bonds. The van der Waals surface area contributed by atoms with Crippen LogP contribution in [0.15, 0.2) is 36.2 Å². The van der Waals surface area contributed by atoms with Crippen molar-refractivity contribution in [1.29, 1.82) is 0 Å². The first-order valence-electron chi connectivity index (χ1n) is 11.7. The van der Waals surface area contributed by atoms with E-state index in [0.29, 0.717) is 23.3 Å². The maximum absolute atomic E-state index is 15.0. The molecule has 1 aromatic carbocycles. The highest BCUT2D eigenvalue weighted by atomic mass is 28.3. The number of nitrogen functional groups attached to an aromatic ring is 1. The maximum atomic E-state index is 15.0. The largest absolute Gasteiger partial charge is 0.511 e. The molecule has 0 bridgehead atoms. The number of hydrogen-bond donors (Lipinski definition) is 3. The summed E-state index contributed by atoms with van der Waals surface area (Å²) in [5.41, 5.74) is 13.7. The number of carbonyl (C=O) groups is 2. The number of aliphatic hydroxyl groups excluding tert-OH is 1. The highest BCUT2D eigenvalue weighted by Gasteiger charge is 2.37. The van der Waals surface area contributed by atoms with Gasteiger partial charge in [-0.05, 0) is 44.8 Å². The fourth-order valence-corrected chi connectivity index (χ4v) is 7.30. The van der Waals surface area contributed by atoms with E-state index >= 15 is 4.39 Å². The summed E-state index contributed by atoms with van der Waals surface area (Å²) in [6, 6.07) is 3.70. The molecule has 37 heavy (non-hydrogen) atoms. The number of anilines is 1. The van der Waals surface area contributed by atoms with Crippen molar-refractivity contribution >= 4 is 37.6 Å². The maximum Gasteiger partial charge on any atom is 0.255 e. The summed E-state index contributed by atoms with van der Waals surface area (Å²) in [5.74, 6) is 4.65. The Labute approximate surface area is 213 Å². The molecule has 5 rings (SSSR count). The van der Waals surface area contributed by atoms with Gasteiger partial charge in [-0.2, -0.15) is 5.10 Å². The van der Waals surface area contributed by atoms with Gasteiger partial charge in [-0.15, -0.1) is 0 Å². The standard InChI is InChI=1S/C25H25FN7O3Si/c1-4-22(35)31-12-37(11-21(31)13(2)34)33-24(27)23(25(28)36)18(30-33)8-5-15-9-19-20(10-17(15)26)32(14(3)29-19)16-6-7-16/h4,9-10,16,34H,1,6-7,11-12,27H2,2-3H3,(H2,28,36)/b21-13-. The molecule has 5 N–H and O–H groups in total. The number of benzene rings is 1. The van der Waals surface area contributed by atoms with Crippen LogP contribution >= 0.6 is 0 Å². The molecule has 3 heterocycles. The number of nitrogens with zero attached hydrogens (tertiary/aromatic N) is 5. The smallest absolute Gasteiger partial charge is 0.255 e. The van der Waals surface area contributed by atoms with E-state index in [2.05, 4.69) is 28.5 Å². The number of aryl methyl sites for hydroxylation is 1. The first-order chi connectivity index (χ1) is 17.6. The lowest BCUT2D eigenvalue weighted by atomic mass is 10.1. The minimum Gasteiger partial charge on any atom is -0.511 e. The van der Waals surface area contributed by atoms with Gasteiger partial charge in [-0.25, -0.2) is 9.37 Å². The fraction of sp³-hybridized carbons (Fsp3) is 0.280. The summed E-state index contributed by atoms with van der Waals surface area (Å²) < 4.78 is 18.5. The Balaban J connectivity index is 1.53. The first-order valence-corrected chi connectivity index (χ1v) is 13.5. The van der Waals surface area contributed by atoms with Crippen LogP contribution in [-0.4, -0.2) is 55.9 Å². The van der Waals surface area contributed by atoms with E-state index in [4.69, 9.17) is 11.5 Å². The molecule has 189 valence electrons. The zero-order valence-corrected chi connectivity index (χ0v) is 21.4. The molecule has 2 aliphatic rings. The van der Waals surface area contributed by atoms with E-state index < -0.39 is 20.7 Å². The van der Waals surface area contributed by atoms with Crippen LogP contribution in [0, 0.1) is 24.6 Å². The van der Waals surface area contributed by atoms with Crippen molar-refractivity contribution in [2.45, 2.75) is 38.8 Å². The summed E-state index contributed by atoms with van der Waals surface area (Å²) in [4.78, 5) is 30.5. The Kier molecular flexibility index (Phi) is 5.87. The quantitative estimate of drug-likeness (QED) is 0.209. The number of primary amides is 1. The molecular formula is C25H25FN7O3Si. The molecule has 10 nitrogen and oxygen atoms in total. The van der Waals surface area contributed by atoms with Crippen LogP contribution in [0.25, 0.3) is 11.0 Å². The number of carbonyl (C=O) groups excluding carboxylic acids is 2. The van der Waals surface area contributed by atoms with E-state index in [1.807, 2.05) is 11.5 Å². The normalized spacial score (nSPS) is 17.1. The summed E-state index contributed by atoms with van der Waals surface area (Å²) in [6.07, 6.45) is 3.50. The minimum absolute atomic E-state index is 0.00120.